The first-order chi connectivity index (χ1) is 6.06. The zero-order valence-corrected chi connectivity index (χ0v) is 7.50. The fraction of sp³-hybridized carbons (Fsp3) is 0.222. The van der Waals surface area contributed by atoms with Crippen LogP contribution < -0.4 is 5.73 Å². The molecule has 0 bridgehead atoms. The van der Waals surface area contributed by atoms with Gasteiger partial charge in [0.15, 0.2) is 0 Å². The van der Waals surface area contributed by atoms with E-state index in [9.17, 15) is 9.90 Å². The normalized spacial score (nSPS) is 9.69. The number of hydrogen-bond acceptors (Lipinski definition) is 4. The lowest BCUT2D eigenvalue weighted by Crippen LogP contribution is -2.03. The second-order valence-electron chi connectivity index (χ2n) is 2.73. The molecule has 0 saturated heterocycles. The summed E-state index contributed by atoms with van der Waals surface area (Å²) in [5, 5.41) is 9.47. The maximum atomic E-state index is 11.1. The largest absolute Gasteiger partial charge is 0.507 e. The molecule has 70 valence electrons. The first-order valence-electron chi connectivity index (χ1n) is 3.73. The molecule has 0 aliphatic carbocycles. The third-order valence-electron chi connectivity index (χ3n) is 1.73. The van der Waals surface area contributed by atoms with E-state index in [2.05, 4.69) is 4.74 Å². The summed E-state index contributed by atoms with van der Waals surface area (Å²) in [6, 6.07) is 2.97. The van der Waals surface area contributed by atoms with Gasteiger partial charge in [0.05, 0.1) is 7.11 Å². The minimum Gasteiger partial charge on any atom is -0.507 e. The number of methoxy groups -OCH3 is 1. The number of anilines is 1. The van der Waals surface area contributed by atoms with E-state index in [1.54, 1.807) is 13.0 Å². The van der Waals surface area contributed by atoms with E-state index >= 15 is 0 Å². The summed E-state index contributed by atoms with van der Waals surface area (Å²) < 4.78 is 4.47. The van der Waals surface area contributed by atoms with Crippen molar-refractivity contribution in [3.8, 4) is 5.75 Å². The fourth-order valence-electron chi connectivity index (χ4n) is 1.07. The molecule has 0 aliphatic rings. The maximum Gasteiger partial charge on any atom is 0.341 e. The Hall–Kier alpha value is -1.71. The summed E-state index contributed by atoms with van der Waals surface area (Å²) in [6.45, 7) is 1.66. The van der Waals surface area contributed by atoms with Gasteiger partial charge in [0.1, 0.15) is 11.3 Å². The number of phenolic OH excluding ortho intramolecular Hbond substituents is 1. The molecule has 0 saturated carbocycles. The highest BCUT2D eigenvalue weighted by molar-refractivity contribution is 5.93. The van der Waals surface area contributed by atoms with Gasteiger partial charge in [0.2, 0.25) is 0 Å². The van der Waals surface area contributed by atoms with Crippen LogP contribution in [0.3, 0.4) is 0 Å². The number of carbonyl (C=O) groups is 1. The number of carbonyl (C=O) groups excluding carboxylic acids is 1. The van der Waals surface area contributed by atoms with E-state index < -0.39 is 5.97 Å². The highest BCUT2D eigenvalue weighted by atomic mass is 16.5. The van der Waals surface area contributed by atoms with E-state index in [1.807, 2.05) is 0 Å². The molecule has 0 spiro atoms. The van der Waals surface area contributed by atoms with Crippen molar-refractivity contribution in [1.82, 2.24) is 0 Å². The van der Waals surface area contributed by atoms with Crippen molar-refractivity contribution < 1.29 is 14.6 Å². The molecule has 3 N–H and O–H groups in total. The first-order valence-corrected chi connectivity index (χ1v) is 3.73. The van der Waals surface area contributed by atoms with Gasteiger partial charge in [-0.05, 0) is 24.6 Å². The first kappa shape index (κ1) is 9.38. The predicted octanol–water partition coefficient (Wildman–Crippen LogP) is 1.07. The lowest BCUT2D eigenvalue weighted by Gasteiger charge is -2.06. The van der Waals surface area contributed by atoms with Crippen LogP contribution in [0.25, 0.3) is 0 Å². The Bertz CT molecular complexity index is 347. The molecule has 4 heteroatoms. The molecular formula is C9H11NO3. The molecule has 1 aromatic rings. The quantitative estimate of drug-likeness (QED) is 0.386. The number of aromatic hydroxyl groups is 1. The van der Waals surface area contributed by atoms with Gasteiger partial charge in [0, 0.05) is 5.69 Å². The second kappa shape index (κ2) is 3.35. The van der Waals surface area contributed by atoms with E-state index in [0.717, 1.165) is 0 Å². The molecule has 13 heavy (non-hydrogen) atoms. The standard InChI is InChI=1S/C9H11NO3/c1-5-3-6(10)4-7(8(5)11)9(12)13-2/h3-4,11H,10H2,1-2H3. The Morgan fingerprint density at radius 3 is 2.69 bits per heavy atom. The SMILES string of the molecule is COC(=O)c1cc(N)cc(C)c1O. The molecular weight excluding hydrogens is 170 g/mol. The lowest BCUT2D eigenvalue weighted by molar-refractivity contribution is 0.0597. The van der Waals surface area contributed by atoms with Crippen LogP contribution in [-0.4, -0.2) is 18.2 Å². The van der Waals surface area contributed by atoms with Gasteiger partial charge in [-0.25, -0.2) is 4.79 Å². The highest BCUT2D eigenvalue weighted by Crippen LogP contribution is 2.25. The lowest BCUT2D eigenvalue weighted by atomic mass is 10.1. The number of nitrogens with two attached hydrogens (primary N) is 1. The summed E-state index contributed by atoms with van der Waals surface area (Å²) >= 11 is 0. The topological polar surface area (TPSA) is 72.5 Å². The van der Waals surface area contributed by atoms with Crippen molar-refractivity contribution in [3.05, 3.63) is 23.3 Å². The number of nitrogen functional groups attached to an aromatic ring is 1. The molecule has 1 rings (SSSR count). The number of rotatable bonds is 1. The average Bonchev–Trinajstić information content (AvgIpc) is 2.10. The monoisotopic (exact) mass is 181 g/mol. The van der Waals surface area contributed by atoms with Gasteiger partial charge < -0.3 is 15.6 Å². The van der Waals surface area contributed by atoms with Crippen LogP contribution >= 0.6 is 0 Å². The van der Waals surface area contributed by atoms with Gasteiger partial charge >= 0.3 is 5.97 Å². The highest BCUT2D eigenvalue weighted by Gasteiger charge is 2.13. The van der Waals surface area contributed by atoms with Gasteiger partial charge in [-0.15, -0.1) is 0 Å². The number of aryl methyl sites for hydroxylation is 1. The molecule has 0 radical (unpaired) electrons. The van der Waals surface area contributed by atoms with Gasteiger partial charge in [0.25, 0.3) is 0 Å². The van der Waals surface area contributed by atoms with Crippen LogP contribution in [0.5, 0.6) is 5.75 Å². The third kappa shape index (κ3) is 1.72. The van der Waals surface area contributed by atoms with Crippen molar-refractivity contribution in [3.63, 3.8) is 0 Å². The zero-order chi connectivity index (χ0) is 10.0. The molecule has 0 fully saturated rings. The second-order valence-corrected chi connectivity index (χ2v) is 2.73. The minimum atomic E-state index is -0.590. The van der Waals surface area contributed by atoms with Gasteiger partial charge in [-0.3, -0.25) is 0 Å². The van der Waals surface area contributed by atoms with Crippen molar-refractivity contribution in [2.24, 2.45) is 0 Å². The van der Waals surface area contributed by atoms with Gasteiger partial charge in [-0.1, -0.05) is 0 Å². The van der Waals surface area contributed by atoms with Crippen LogP contribution in [0.4, 0.5) is 5.69 Å². The van der Waals surface area contributed by atoms with Crippen LogP contribution in [0.1, 0.15) is 15.9 Å². The molecule has 1 aromatic carbocycles. The molecule has 0 atom stereocenters. The molecule has 0 heterocycles. The van der Waals surface area contributed by atoms with Crippen molar-refractivity contribution in [2.75, 3.05) is 12.8 Å². The summed E-state index contributed by atoms with van der Waals surface area (Å²) in [6.07, 6.45) is 0. The van der Waals surface area contributed by atoms with Crippen LogP contribution in [0.15, 0.2) is 12.1 Å². The molecule has 4 nitrogen and oxygen atoms in total. The Labute approximate surface area is 75.9 Å². The van der Waals surface area contributed by atoms with E-state index in [0.29, 0.717) is 11.3 Å². The van der Waals surface area contributed by atoms with E-state index in [1.165, 1.54) is 13.2 Å². The summed E-state index contributed by atoms with van der Waals surface area (Å²) in [5.41, 5.74) is 6.58. The summed E-state index contributed by atoms with van der Waals surface area (Å²) in [7, 11) is 1.25. The molecule has 0 amide bonds. The minimum absolute atomic E-state index is 0.0824. The number of ether oxygens (including phenoxy) is 1. The summed E-state index contributed by atoms with van der Waals surface area (Å²) in [5.74, 6) is -0.672. The van der Waals surface area contributed by atoms with Crippen molar-refractivity contribution in [2.45, 2.75) is 6.92 Å². The maximum absolute atomic E-state index is 11.1. The summed E-state index contributed by atoms with van der Waals surface area (Å²) in [4.78, 5) is 11.1. The van der Waals surface area contributed by atoms with Crippen molar-refractivity contribution in [1.29, 1.82) is 0 Å². The van der Waals surface area contributed by atoms with Crippen LogP contribution in [0.2, 0.25) is 0 Å². The molecule has 0 unspecified atom stereocenters. The number of benzene rings is 1. The van der Waals surface area contributed by atoms with Crippen molar-refractivity contribution >= 4 is 11.7 Å². The Morgan fingerprint density at radius 2 is 2.15 bits per heavy atom. The van der Waals surface area contributed by atoms with Gasteiger partial charge in [-0.2, -0.15) is 0 Å². The third-order valence-corrected chi connectivity index (χ3v) is 1.73. The fourth-order valence-corrected chi connectivity index (χ4v) is 1.07. The van der Waals surface area contributed by atoms with E-state index in [4.69, 9.17) is 5.73 Å². The smallest absolute Gasteiger partial charge is 0.341 e. The Kier molecular flexibility index (Phi) is 2.41. The van der Waals surface area contributed by atoms with Crippen LogP contribution in [0, 0.1) is 6.92 Å². The molecule has 0 aliphatic heterocycles. The average molecular weight is 181 g/mol. The Morgan fingerprint density at radius 1 is 1.54 bits per heavy atom. The zero-order valence-electron chi connectivity index (χ0n) is 7.50. The predicted molar refractivity (Wildman–Crippen MR) is 48.6 cm³/mol. The van der Waals surface area contributed by atoms with E-state index in [-0.39, 0.29) is 11.3 Å². The number of esters is 1. The van der Waals surface area contributed by atoms with Crippen LogP contribution in [-0.2, 0) is 4.74 Å². The molecule has 0 aromatic heterocycles. The Balaban J connectivity index is 3.28. The number of phenols is 1. The number of hydrogen-bond donors (Lipinski definition) is 2.